The third-order valence-corrected chi connectivity index (χ3v) is 1.79. The zero-order chi connectivity index (χ0) is 9.68. The summed E-state index contributed by atoms with van der Waals surface area (Å²) in [4.78, 5) is 3.92. The first-order chi connectivity index (χ1) is 6.27. The topological polar surface area (TPSA) is 12.4 Å². The van der Waals surface area contributed by atoms with E-state index in [2.05, 4.69) is 23.6 Å². The fourth-order valence-corrected chi connectivity index (χ4v) is 1.05. The Labute approximate surface area is 79.5 Å². The van der Waals surface area contributed by atoms with Crippen molar-refractivity contribution in [2.75, 3.05) is 0 Å². The molecule has 0 amide bonds. The molecule has 66 valence electrons. The summed E-state index contributed by atoms with van der Waals surface area (Å²) in [5.74, 6) is 6.08. The Balaban J connectivity index is 3.06. The minimum absolute atomic E-state index is 0.880. The molecule has 1 rings (SSSR count). The third-order valence-electron chi connectivity index (χ3n) is 1.79. The molecule has 0 saturated heterocycles. The van der Waals surface area contributed by atoms with Crippen molar-refractivity contribution >= 4 is 12.4 Å². The van der Waals surface area contributed by atoms with Gasteiger partial charge in [0.2, 0.25) is 0 Å². The molecule has 0 spiro atoms. The van der Waals surface area contributed by atoms with E-state index in [0.717, 1.165) is 23.2 Å². The molecule has 0 atom stereocenters. The maximum Gasteiger partial charge on any atom is 0.0663 e. The van der Waals surface area contributed by atoms with E-state index in [1.807, 2.05) is 32.0 Å². The molecule has 0 saturated carbocycles. The summed E-state index contributed by atoms with van der Waals surface area (Å²) in [7, 11) is 0. The van der Waals surface area contributed by atoms with Crippen molar-refractivity contribution in [1.82, 2.24) is 0 Å². The van der Waals surface area contributed by atoms with Crippen LogP contribution in [-0.2, 0) is 0 Å². The van der Waals surface area contributed by atoms with Gasteiger partial charge in [0.25, 0.3) is 0 Å². The van der Waals surface area contributed by atoms with Crippen molar-refractivity contribution in [3.63, 3.8) is 0 Å². The van der Waals surface area contributed by atoms with Gasteiger partial charge in [-0.25, -0.2) is 0 Å². The summed E-state index contributed by atoms with van der Waals surface area (Å²) < 4.78 is 0. The molecule has 0 bridgehead atoms. The molecule has 0 aromatic heterocycles. The molecule has 1 aromatic rings. The zero-order valence-electron chi connectivity index (χ0n) is 8.09. The van der Waals surface area contributed by atoms with E-state index < -0.39 is 0 Å². The highest BCUT2D eigenvalue weighted by Gasteiger charge is 1.94. The number of aryl methyl sites for hydroxylation is 1. The molecule has 0 unspecified atom stereocenters. The summed E-state index contributed by atoms with van der Waals surface area (Å²) >= 11 is 0. The normalized spacial score (nSPS) is 8.77. The Kier molecular flexibility index (Phi) is 3.28. The molecular weight excluding hydrogens is 158 g/mol. The van der Waals surface area contributed by atoms with E-state index >= 15 is 0 Å². The minimum Gasteiger partial charge on any atom is -0.264 e. The standard InChI is InChI=1S/C12H13N/c1-4-5-6-11-8-7-10(2)12(9-11)13-3/h7-9H,3-4H2,1-2H3. The van der Waals surface area contributed by atoms with Crippen LogP contribution in [0.3, 0.4) is 0 Å². The average Bonchev–Trinajstić information content (AvgIpc) is 2.16. The van der Waals surface area contributed by atoms with Gasteiger partial charge in [0, 0.05) is 12.0 Å². The molecule has 1 nitrogen and oxygen atoms in total. The van der Waals surface area contributed by atoms with Gasteiger partial charge in [-0.3, -0.25) is 4.99 Å². The molecule has 0 fully saturated rings. The van der Waals surface area contributed by atoms with Gasteiger partial charge < -0.3 is 0 Å². The lowest BCUT2D eigenvalue weighted by Gasteiger charge is -1.98. The van der Waals surface area contributed by atoms with Gasteiger partial charge in [-0.2, -0.15) is 0 Å². The van der Waals surface area contributed by atoms with Crippen LogP contribution in [0.5, 0.6) is 0 Å². The number of rotatable bonds is 1. The highest BCUT2D eigenvalue weighted by molar-refractivity contribution is 5.55. The molecule has 1 heteroatoms. The fourth-order valence-electron chi connectivity index (χ4n) is 1.05. The highest BCUT2D eigenvalue weighted by atomic mass is 14.7. The molecular formula is C12H13N. The van der Waals surface area contributed by atoms with Crippen LogP contribution in [0.2, 0.25) is 0 Å². The van der Waals surface area contributed by atoms with Gasteiger partial charge >= 0.3 is 0 Å². The summed E-state index contributed by atoms with van der Waals surface area (Å²) in [6, 6.07) is 5.99. The van der Waals surface area contributed by atoms with Gasteiger partial charge in [-0.05, 0) is 31.3 Å². The molecule has 0 N–H and O–H groups in total. The van der Waals surface area contributed by atoms with Gasteiger partial charge in [0.1, 0.15) is 0 Å². The Morgan fingerprint density at radius 2 is 2.23 bits per heavy atom. The number of nitrogens with zero attached hydrogens (tertiary/aromatic N) is 1. The SMILES string of the molecule is C=Nc1cc(C#CCC)ccc1C. The largest absolute Gasteiger partial charge is 0.264 e. The second kappa shape index (κ2) is 4.47. The predicted molar refractivity (Wildman–Crippen MR) is 57.6 cm³/mol. The fraction of sp³-hybridized carbons (Fsp3) is 0.250. The van der Waals surface area contributed by atoms with Crippen molar-refractivity contribution < 1.29 is 0 Å². The maximum atomic E-state index is 3.92. The molecule has 0 aliphatic carbocycles. The van der Waals surface area contributed by atoms with Crippen molar-refractivity contribution in [1.29, 1.82) is 0 Å². The first-order valence-electron chi connectivity index (χ1n) is 4.34. The first kappa shape index (κ1) is 9.54. The monoisotopic (exact) mass is 171 g/mol. The van der Waals surface area contributed by atoms with E-state index in [-0.39, 0.29) is 0 Å². The Hall–Kier alpha value is -1.55. The lowest BCUT2D eigenvalue weighted by atomic mass is 10.1. The quantitative estimate of drug-likeness (QED) is 0.455. The van der Waals surface area contributed by atoms with Gasteiger partial charge in [0.15, 0.2) is 0 Å². The highest BCUT2D eigenvalue weighted by Crippen LogP contribution is 2.18. The summed E-state index contributed by atoms with van der Waals surface area (Å²) in [5.41, 5.74) is 3.06. The molecule has 0 aliphatic heterocycles. The summed E-state index contributed by atoms with van der Waals surface area (Å²) in [6.07, 6.45) is 0.880. The second-order valence-corrected chi connectivity index (χ2v) is 2.81. The molecule has 0 heterocycles. The smallest absolute Gasteiger partial charge is 0.0663 e. The van der Waals surface area contributed by atoms with Crippen molar-refractivity contribution in [3.05, 3.63) is 29.3 Å². The van der Waals surface area contributed by atoms with Gasteiger partial charge in [-0.1, -0.05) is 24.8 Å². The van der Waals surface area contributed by atoms with Crippen molar-refractivity contribution in [2.45, 2.75) is 20.3 Å². The average molecular weight is 171 g/mol. The summed E-state index contributed by atoms with van der Waals surface area (Å²) in [6.45, 7) is 7.57. The maximum absolute atomic E-state index is 3.92. The number of hydrogen-bond donors (Lipinski definition) is 0. The lowest BCUT2D eigenvalue weighted by Crippen LogP contribution is -1.77. The Morgan fingerprint density at radius 1 is 1.46 bits per heavy atom. The predicted octanol–water partition coefficient (Wildman–Crippen LogP) is 3.09. The number of benzene rings is 1. The van der Waals surface area contributed by atoms with Crippen LogP contribution in [0.15, 0.2) is 23.2 Å². The van der Waals surface area contributed by atoms with Gasteiger partial charge in [0.05, 0.1) is 5.69 Å². The van der Waals surface area contributed by atoms with Crippen molar-refractivity contribution in [2.24, 2.45) is 4.99 Å². The van der Waals surface area contributed by atoms with E-state index in [1.165, 1.54) is 0 Å². The van der Waals surface area contributed by atoms with Crippen molar-refractivity contribution in [3.8, 4) is 11.8 Å². The van der Waals surface area contributed by atoms with E-state index in [4.69, 9.17) is 0 Å². The van der Waals surface area contributed by atoms with Crippen LogP contribution in [-0.4, -0.2) is 6.72 Å². The minimum atomic E-state index is 0.880. The van der Waals surface area contributed by atoms with E-state index in [9.17, 15) is 0 Å². The van der Waals surface area contributed by atoms with Crippen LogP contribution in [0.4, 0.5) is 5.69 Å². The Bertz CT molecular complexity index is 366. The molecule has 1 aromatic carbocycles. The van der Waals surface area contributed by atoms with Gasteiger partial charge in [-0.15, -0.1) is 0 Å². The van der Waals surface area contributed by atoms with E-state index in [1.54, 1.807) is 0 Å². The number of aliphatic imine (C=N–C) groups is 1. The van der Waals surface area contributed by atoms with Crippen LogP contribution in [0.25, 0.3) is 0 Å². The van der Waals surface area contributed by atoms with Crippen LogP contribution < -0.4 is 0 Å². The first-order valence-corrected chi connectivity index (χ1v) is 4.34. The number of hydrogen-bond acceptors (Lipinski definition) is 1. The molecule has 0 radical (unpaired) electrons. The van der Waals surface area contributed by atoms with Crippen LogP contribution in [0, 0.1) is 18.8 Å². The molecule has 13 heavy (non-hydrogen) atoms. The summed E-state index contributed by atoms with van der Waals surface area (Å²) in [5, 5.41) is 0. The van der Waals surface area contributed by atoms with Crippen LogP contribution >= 0.6 is 0 Å². The van der Waals surface area contributed by atoms with Crippen LogP contribution in [0.1, 0.15) is 24.5 Å². The second-order valence-electron chi connectivity index (χ2n) is 2.81. The zero-order valence-corrected chi connectivity index (χ0v) is 8.09. The Morgan fingerprint density at radius 3 is 2.85 bits per heavy atom. The molecule has 0 aliphatic rings. The van der Waals surface area contributed by atoms with E-state index in [0.29, 0.717) is 0 Å². The third kappa shape index (κ3) is 2.45. The lowest BCUT2D eigenvalue weighted by molar-refractivity contribution is 1.28.